The highest BCUT2D eigenvalue weighted by atomic mass is 16.8. The molecule has 5 amide bonds. The predicted octanol–water partition coefficient (Wildman–Crippen LogP) is -26.3. The summed E-state index contributed by atoms with van der Waals surface area (Å²) in [6, 6.07) is -10.2. The number of carbonyl (C=O) groups is 7. The van der Waals surface area contributed by atoms with Gasteiger partial charge in [-0.15, -0.1) is 0 Å². The molecule has 150 heavy (non-hydrogen) atoms. The van der Waals surface area contributed by atoms with Crippen LogP contribution in [0.2, 0.25) is 0 Å². The first kappa shape index (κ1) is 123. The molecule has 0 radical (unpaired) electrons. The zero-order valence-electron chi connectivity index (χ0n) is 79.7. The molecule has 12 rings (SSSR count). The van der Waals surface area contributed by atoms with E-state index >= 15 is 0 Å². The second kappa shape index (κ2) is 53.2. The van der Waals surface area contributed by atoms with Gasteiger partial charge in [0, 0.05) is 34.6 Å². The van der Waals surface area contributed by atoms with Crippen LogP contribution in [0.1, 0.15) is 34.6 Å². The third kappa shape index (κ3) is 26.8. The van der Waals surface area contributed by atoms with Crippen molar-refractivity contribution in [1.29, 1.82) is 0 Å². The molecule has 12 fully saturated rings. The quantitative estimate of drug-likeness (QED) is 0.0272. The minimum Gasteiger partial charge on any atom is -0.479 e. The van der Waals surface area contributed by atoms with Gasteiger partial charge in [-0.3, -0.25) is 24.0 Å². The van der Waals surface area contributed by atoms with Gasteiger partial charge in [0.25, 0.3) is 0 Å². The van der Waals surface area contributed by atoms with Gasteiger partial charge >= 0.3 is 11.9 Å². The molecule has 12 heterocycles. The van der Waals surface area contributed by atoms with E-state index < -0.39 is 476 Å². The molecule has 38 N–H and O–H groups in total. The van der Waals surface area contributed by atoms with Crippen LogP contribution in [-0.4, -0.2) is 644 Å². The first-order chi connectivity index (χ1) is 70.9. The molecule has 60 atom stereocenters. The monoisotopic (exact) mass is 2200 g/mol. The molecule has 864 valence electrons. The lowest BCUT2D eigenvalue weighted by Crippen LogP contribution is -2.71. The Bertz CT molecular complexity index is 4320. The van der Waals surface area contributed by atoms with Crippen molar-refractivity contribution in [2.24, 2.45) is 0 Å². The molecule has 0 unspecified atom stereocenters. The van der Waals surface area contributed by atoms with Gasteiger partial charge in [0.2, 0.25) is 29.5 Å². The van der Waals surface area contributed by atoms with Gasteiger partial charge in [0.1, 0.15) is 280 Å². The van der Waals surface area contributed by atoms with Crippen molar-refractivity contribution >= 4 is 41.5 Å². The van der Waals surface area contributed by atoms with Crippen LogP contribution in [-0.2, 0) is 143 Å². The van der Waals surface area contributed by atoms with E-state index in [1.54, 1.807) is 0 Å². The third-order valence-electron chi connectivity index (χ3n) is 27.0. The summed E-state index contributed by atoms with van der Waals surface area (Å²) in [5.74, 6) is -9.00. The zero-order valence-corrected chi connectivity index (χ0v) is 79.7. The van der Waals surface area contributed by atoms with E-state index in [2.05, 4.69) is 26.6 Å². The Balaban J connectivity index is 0.929. The van der Waals surface area contributed by atoms with Gasteiger partial charge in [0.05, 0.1) is 66.1 Å². The molecule has 0 aliphatic carbocycles. The average molecular weight is 2200 g/mol. The molecule has 12 aliphatic heterocycles. The van der Waals surface area contributed by atoms with Gasteiger partial charge < -0.3 is 304 Å². The summed E-state index contributed by atoms with van der Waals surface area (Å²) in [6.45, 7) is -8.43. The lowest BCUT2D eigenvalue weighted by molar-refractivity contribution is -0.406. The van der Waals surface area contributed by atoms with Crippen molar-refractivity contribution in [2.75, 3.05) is 66.1 Å². The molecular weight excluding hydrogens is 2060 g/mol. The minimum absolute atomic E-state index is 0.805. The zero-order chi connectivity index (χ0) is 111. The van der Waals surface area contributed by atoms with E-state index in [4.69, 9.17) is 109 Å². The largest absolute Gasteiger partial charge is 0.479 e. The summed E-state index contributed by atoms with van der Waals surface area (Å²) >= 11 is 0. The van der Waals surface area contributed by atoms with E-state index in [9.17, 15) is 202 Å². The van der Waals surface area contributed by atoms with E-state index in [0.29, 0.717) is 0 Å². The normalized spacial score (nSPS) is 48.7. The van der Waals surface area contributed by atoms with Crippen molar-refractivity contribution in [3.05, 3.63) is 0 Å². The van der Waals surface area contributed by atoms with Crippen molar-refractivity contribution in [1.82, 2.24) is 26.6 Å². The van der Waals surface area contributed by atoms with E-state index in [-0.39, 0.29) is 0 Å². The molecule has 12 aliphatic rings. The fourth-order valence-electron chi connectivity index (χ4n) is 19.3. The highest BCUT2D eigenvalue weighted by molar-refractivity contribution is 5.76. The highest BCUT2D eigenvalue weighted by Crippen LogP contribution is 2.44. The summed E-state index contributed by atoms with van der Waals surface area (Å²) in [4.78, 5) is 90.0. The maximum absolute atomic E-state index is 13.7. The third-order valence-corrected chi connectivity index (χ3v) is 27.0. The Labute approximate surface area is 845 Å². The standard InChI is InChI=1S/C82H133N5O63/c1-16(97)83-31-44(110)57(27(12-94)129-71(31)127)139-73-33(85-18(3)99)45(111)58(28(13-95)136-73)141-80-56(122)64(42(108)30(138-80)15-128-81-67(48(114)37(103)22(7-89)135-81)149-74-34(86-19(4)100)60(38(104)23(8-90)131-74)142-78-54(120)62(40(106)25(10-92)133-78)144-76-51(117)46(112)49(115)65(147-76)69(123)124)146-82-68(53(119)59(29(14-96)137-82)140-72-32(84-17(2)98)43(109)36(102)21(6-88)130-72)150-75-35(87-20(5)101)61(39(105)24(9-91)132-75)143-79-55(121)63(41(107)26(11-93)134-79)145-77-52(118)47(113)50(116)66(148-77)70(125)126/h21-68,71-82,88-96,102-122,127H,6-15H2,1-5H3,(H,83,97)(H,84,98)(H,85,99)(H,86,100)(H,87,101)(H,123,124)(H,125,126)/t21-,22-,23-,24-,25-,26-,27-,28-,29-,30-,31-,32-,33-,34-,35-,36-,37-,38-,39-,40+,41+,42-,43-,44-,45-,46+,47+,48+,49+,50+,51-,52-,53+,54-,55-,56+,57-,58-,59-,60-,61-,62+,63+,64+,65+,66+,67+,68+,71-,72+,73+,74+,75+,76-,77-,78+,79+,80+,81+,82-/m1/s1. The number of ether oxygens (including phenoxy) is 23. The van der Waals surface area contributed by atoms with Crippen molar-refractivity contribution in [3.8, 4) is 0 Å². The molecular formula is C82H133N5O63. The average Bonchev–Trinajstić information content (AvgIpc) is 0.777. The van der Waals surface area contributed by atoms with E-state index in [1.165, 1.54) is 0 Å². The van der Waals surface area contributed by atoms with E-state index in [0.717, 1.165) is 34.6 Å². The van der Waals surface area contributed by atoms with Gasteiger partial charge in [-0.05, 0) is 0 Å². The Hall–Kier alpha value is -5.87. The minimum atomic E-state index is -2.83. The Kier molecular flexibility index (Phi) is 43.5. The Morgan fingerprint density at radius 1 is 0.193 bits per heavy atom. The van der Waals surface area contributed by atoms with Crippen LogP contribution < -0.4 is 26.6 Å². The smallest absolute Gasteiger partial charge is 0.335 e. The number of nitrogens with one attached hydrogen (secondary N) is 5. The molecule has 12 saturated heterocycles. The van der Waals surface area contributed by atoms with Crippen molar-refractivity contribution < 1.29 is 311 Å². The van der Waals surface area contributed by atoms with Crippen LogP contribution in [0, 0.1) is 0 Å². The second-order valence-electron chi connectivity index (χ2n) is 37.4. The number of carboxylic acids is 2. The molecule has 68 nitrogen and oxygen atoms in total. The number of amides is 5. The lowest BCUT2D eigenvalue weighted by Gasteiger charge is -2.52. The fourth-order valence-corrected chi connectivity index (χ4v) is 19.3. The van der Waals surface area contributed by atoms with Crippen molar-refractivity contribution in [3.63, 3.8) is 0 Å². The summed E-state index contributed by atoms with van der Waals surface area (Å²) in [5.41, 5.74) is 0. The lowest BCUT2D eigenvalue weighted by atomic mass is 9.93. The molecule has 0 spiro atoms. The summed E-state index contributed by atoms with van der Waals surface area (Å²) < 4.78 is 137. The first-order valence-corrected chi connectivity index (χ1v) is 47.2. The number of aliphatic hydroxyl groups is 31. The summed E-state index contributed by atoms with van der Waals surface area (Å²) in [7, 11) is 0. The summed E-state index contributed by atoms with van der Waals surface area (Å²) in [5, 5.41) is 385. The number of hydrogen-bond acceptors (Lipinski definition) is 61. The number of hydrogen-bond donors (Lipinski definition) is 38. The second-order valence-corrected chi connectivity index (χ2v) is 37.4. The molecule has 0 bridgehead atoms. The van der Waals surface area contributed by atoms with Crippen LogP contribution in [0.4, 0.5) is 0 Å². The maximum Gasteiger partial charge on any atom is 0.335 e. The summed E-state index contributed by atoms with van der Waals surface area (Å²) in [6.07, 6.45) is -128. The van der Waals surface area contributed by atoms with Gasteiger partial charge in [-0.1, -0.05) is 0 Å². The molecule has 0 aromatic heterocycles. The van der Waals surface area contributed by atoms with Crippen LogP contribution in [0.3, 0.4) is 0 Å². The number of carboxylic acid groups (broad SMARTS) is 2. The SMILES string of the molecule is CC(=O)N[C@@H]1[C@@H](O)[C@H](O[C@@H]2O[C@H](CO)[C@@H](O[C@@H]3O[C@H](CO[C@H]4O[C@H](CO)[C@@H](O)[C@H](O)[C@@H]4O[C@@H]4O[C@H](CO)[C@@H](O)[C@H](O[C@@H]5O[C@H](CO)[C@H](O)[C@H](O[C@@H]6O[C@H](C(=O)O)[C@@H](O)[C@H](O)[C@H]6O)[C@H]5O)[C@H]4NC(C)=O)[C@@H](O)[C@H](O[C@H]4O[C@H](CO)[C@@H](O[C@@H]5O[C@H](CO)[C@@H](O)[C@H](O)[C@H]5NC(C)=O)[C@H](O)[C@@H]4O[C@@H]4O[C@H](CO)[C@@H](O)[C@H](O[C@@H]5O[C@H](CO)[C@H](O)[C@H](O[C@@H]6O[C@H](C(=O)O)[C@@H](O)[C@H](O)[C@H]6O)[C@H]5O)[C@H]4NC(C)=O)[C@@H]3O)[C@H](O)[C@H]2NC(C)=O)[C@@H](CO)O[C@H]1O. The predicted molar refractivity (Wildman–Crippen MR) is 454 cm³/mol. The fraction of sp³-hybridized carbons (Fsp3) is 0.915. The Morgan fingerprint density at radius 2 is 0.433 bits per heavy atom. The first-order valence-electron chi connectivity index (χ1n) is 47.2. The number of aliphatic carboxylic acids is 2. The van der Waals surface area contributed by atoms with Gasteiger partial charge in [-0.25, -0.2) is 9.59 Å². The highest BCUT2D eigenvalue weighted by Gasteiger charge is 2.65. The molecule has 0 aromatic rings. The van der Waals surface area contributed by atoms with E-state index in [1.807, 2.05) is 0 Å². The number of aliphatic hydroxyl groups excluding tert-OH is 31. The Morgan fingerprint density at radius 3 is 0.807 bits per heavy atom. The number of carbonyl (C=O) groups excluding carboxylic acids is 5. The van der Waals surface area contributed by atoms with Crippen LogP contribution in [0.15, 0.2) is 0 Å². The number of rotatable bonds is 39. The van der Waals surface area contributed by atoms with Crippen LogP contribution in [0.25, 0.3) is 0 Å². The maximum atomic E-state index is 13.7. The van der Waals surface area contributed by atoms with Crippen LogP contribution >= 0.6 is 0 Å². The van der Waals surface area contributed by atoms with Gasteiger partial charge in [0.15, 0.2) is 87.7 Å². The van der Waals surface area contributed by atoms with Crippen LogP contribution in [0.5, 0.6) is 0 Å². The molecule has 0 aromatic carbocycles. The van der Waals surface area contributed by atoms with Gasteiger partial charge in [-0.2, -0.15) is 0 Å². The molecule has 68 heteroatoms. The topological polar surface area (TPSA) is 1060 Å². The molecule has 0 saturated carbocycles. The van der Waals surface area contributed by atoms with Crippen molar-refractivity contribution in [2.45, 2.75) is 403 Å².